The molecule has 2 aromatic rings. The number of aryl methyl sites for hydroxylation is 1. The predicted molar refractivity (Wildman–Crippen MR) is 103 cm³/mol. The number of nitrogens with zero attached hydrogens (tertiary/aromatic N) is 2. The van der Waals surface area contributed by atoms with Gasteiger partial charge in [0.1, 0.15) is 0 Å². The number of carbonyl (C=O) groups excluding carboxylic acids is 1. The molecular weight excluding hydrogens is 344 g/mol. The molecule has 5 heteroatoms. The zero-order valence-corrected chi connectivity index (χ0v) is 16.0. The van der Waals surface area contributed by atoms with Crippen molar-refractivity contribution in [3.63, 3.8) is 0 Å². The van der Waals surface area contributed by atoms with Gasteiger partial charge in [-0.1, -0.05) is 43.2 Å². The van der Waals surface area contributed by atoms with Crippen molar-refractivity contribution in [3.05, 3.63) is 52.0 Å². The molecule has 4 rings (SSSR count). The van der Waals surface area contributed by atoms with E-state index >= 15 is 0 Å². The number of aliphatic hydroxyl groups is 1. The summed E-state index contributed by atoms with van der Waals surface area (Å²) in [6.45, 7) is 2.59. The lowest BCUT2D eigenvalue weighted by atomic mass is 9.66. The Bertz CT molecular complexity index is 775. The SMILES string of the molecule is Cc1nc(CC(=O)N2CC[C@@](O)(c3ccccc3)[C@H]3CCCC[C@H]32)cs1. The lowest BCUT2D eigenvalue weighted by Gasteiger charge is -2.52. The van der Waals surface area contributed by atoms with Crippen molar-refractivity contribution in [2.45, 2.75) is 57.1 Å². The van der Waals surface area contributed by atoms with E-state index in [-0.39, 0.29) is 17.9 Å². The number of hydrogen-bond donors (Lipinski definition) is 1. The summed E-state index contributed by atoms with van der Waals surface area (Å²) in [5.41, 5.74) is 1.05. The van der Waals surface area contributed by atoms with E-state index in [1.54, 1.807) is 11.3 Å². The highest BCUT2D eigenvalue weighted by molar-refractivity contribution is 7.09. The number of amides is 1. The Morgan fingerprint density at radius 2 is 2.08 bits per heavy atom. The summed E-state index contributed by atoms with van der Waals surface area (Å²) in [5.74, 6) is 0.274. The van der Waals surface area contributed by atoms with Crippen LogP contribution in [0.15, 0.2) is 35.7 Å². The molecule has 1 aromatic heterocycles. The van der Waals surface area contributed by atoms with Gasteiger partial charge >= 0.3 is 0 Å². The zero-order valence-electron chi connectivity index (χ0n) is 15.2. The fourth-order valence-corrected chi connectivity index (χ4v) is 5.44. The topological polar surface area (TPSA) is 53.4 Å². The molecule has 0 spiro atoms. The summed E-state index contributed by atoms with van der Waals surface area (Å²) in [4.78, 5) is 19.5. The van der Waals surface area contributed by atoms with Crippen LogP contribution in [0.2, 0.25) is 0 Å². The zero-order chi connectivity index (χ0) is 18.1. The Hall–Kier alpha value is -1.72. The molecule has 0 radical (unpaired) electrons. The summed E-state index contributed by atoms with van der Waals surface area (Å²) < 4.78 is 0. The summed E-state index contributed by atoms with van der Waals surface area (Å²) in [6.07, 6.45) is 5.21. The van der Waals surface area contributed by atoms with Crippen molar-refractivity contribution in [3.8, 4) is 0 Å². The number of carbonyl (C=O) groups is 1. The van der Waals surface area contributed by atoms with Crippen LogP contribution in [0.1, 0.15) is 48.4 Å². The van der Waals surface area contributed by atoms with Crippen LogP contribution in [0, 0.1) is 12.8 Å². The highest BCUT2D eigenvalue weighted by Gasteiger charge is 2.50. The number of rotatable bonds is 3. The maximum absolute atomic E-state index is 13.0. The lowest BCUT2D eigenvalue weighted by Crippen LogP contribution is -2.59. The second-order valence-corrected chi connectivity index (χ2v) is 8.68. The van der Waals surface area contributed by atoms with Crippen LogP contribution in [0.25, 0.3) is 0 Å². The van der Waals surface area contributed by atoms with Crippen LogP contribution >= 0.6 is 11.3 Å². The molecule has 3 atom stereocenters. The minimum Gasteiger partial charge on any atom is -0.385 e. The van der Waals surface area contributed by atoms with Crippen LogP contribution in [0.5, 0.6) is 0 Å². The number of fused-ring (bicyclic) bond motifs is 1. The second-order valence-electron chi connectivity index (χ2n) is 7.62. The van der Waals surface area contributed by atoms with Gasteiger partial charge in [0.15, 0.2) is 0 Å². The standard InChI is InChI=1S/C21H26N2O2S/c1-15-22-17(14-26-15)13-20(24)23-12-11-21(25,16-7-3-2-4-8-16)18-9-5-6-10-19(18)23/h2-4,7-8,14,18-19,25H,5-6,9-13H2,1H3/t18-,19+,21+/m0/s1. The van der Waals surface area contributed by atoms with Crippen molar-refractivity contribution < 1.29 is 9.90 Å². The van der Waals surface area contributed by atoms with Gasteiger partial charge < -0.3 is 10.0 Å². The van der Waals surface area contributed by atoms with Gasteiger partial charge in [-0.25, -0.2) is 4.98 Å². The molecule has 1 amide bonds. The average molecular weight is 371 g/mol. The second kappa shape index (κ2) is 7.12. The van der Waals surface area contributed by atoms with E-state index in [4.69, 9.17) is 0 Å². The van der Waals surface area contributed by atoms with Crippen LogP contribution in [-0.2, 0) is 16.8 Å². The highest BCUT2D eigenvalue weighted by atomic mass is 32.1. The number of likely N-dealkylation sites (tertiary alicyclic amines) is 1. The summed E-state index contributed by atoms with van der Waals surface area (Å²) >= 11 is 1.59. The van der Waals surface area contributed by atoms with E-state index in [2.05, 4.69) is 4.98 Å². The Morgan fingerprint density at radius 1 is 1.31 bits per heavy atom. The molecule has 1 N–H and O–H groups in total. The molecule has 26 heavy (non-hydrogen) atoms. The summed E-state index contributed by atoms with van der Waals surface area (Å²) in [6, 6.07) is 10.2. The van der Waals surface area contributed by atoms with Crippen molar-refractivity contribution >= 4 is 17.2 Å². The van der Waals surface area contributed by atoms with Crippen LogP contribution < -0.4 is 0 Å². The number of benzene rings is 1. The molecular formula is C21H26N2O2S. The first-order valence-electron chi connectivity index (χ1n) is 9.56. The molecule has 2 fully saturated rings. The molecule has 1 aliphatic carbocycles. The van der Waals surface area contributed by atoms with E-state index in [9.17, 15) is 9.90 Å². The predicted octanol–water partition coefficient (Wildman–Crippen LogP) is 3.67. The van der Waals surface area contributed by atoms with Crippen molar-refractivity contribution in [2.24, 2.45) is 5.92 Å². The van der Waals surface area contributed by atoms with Crippen LogP contribution in [0.3, 0.4) is 0 Å². The number of aromatic nitrogens is 1. The third-order valence-corrected chi connectivity index (χ3v) is 6.89. The molecule has 4 nitrogen and oxygen atoms in total. The van der Waals surface area contributed by atoms with E-state index < -0.39 is 5.60 Å². The molecule has 1 aliphatic heterocycles. The monoisotopic (exact) mass is 370 g/mol. The van der Waals surface area contributed by atoms with Gasteiger partial charge in [0, 0.05) is 23.9 Å². The molecule has 138 valence electrons. The van der Waals surface area contributed by atoms with E-state index in [0.29, 0.717) is 19.4 Å². The van der Waals surface area contributed by atoms with E-state index in [1.807, 2.05) is 47.5 Å². The van der Waals surface area contributed by atoms with Gasteiger partial charge in [-0.2, -0.15) is 0 Å². The molecule has 1 saturated heterocycles. The Kier molecular flexibility index (Phi) is 4.84. The lowest BCUT2D eigenvalue weighted by molar-refractivity contribution is -0.154. The number of thiazole rings is 1. The first-order valence-corrected chi connectivity index (χ1v) is 10.4. The molecule has 0 bridgehead atoms. The van der Waals surface area contributed by atoms with Crippen molar-refractivity contribution in [1.82, 2.24) is 9.88 Å². The maximum atomic E-state index is 13.0. The maximum Gasteiger partial charge on any atom is 0.228 e. The number of piperidine rings is 1. The van der Waals surface area contributed by atoms with E-state index in [0.717, 1.165) is 41.9 Å². The van der Waals surface area contributed by atoms with Gasteiger partial charge in [0.25, 0.3) is 0 Å². The summed E-state index contributed by atoms with van der Waals surface area (Å²) in [5, 5.41) is 14.6. The van der Waals surface area contributed by atoms with Gasteiger partial charge in [0.2, 0.25) is 5.91 Å². The molecule has 1 aromatic carbocycles. The smallest absolute Gasteiger partial charge is 0.228 e. The minimum absolute atomic E-state index is 0.119. The van der Waals surface area contributed by atoms with Gasteiger partial charge in [-0.3, -0.25) is 4.79 Å². The summed E-state index contributed by atoms with van der Waals surface area (Å²) in [7, 11) is 0. The molecule has 1 saturated carbocycles. The fraction of sp³-hybridized carbons (Fsp3) is 0.524. The quantitative estimate of drug-likeness (QED) is 0.897. The Labute approximate surface area is 158 Å². The molecule has 2 aliphatic rings. The van der Waals surface area contributed by atoms with E-state index in [1.165, 1.54) is 0 Å². The van der Waals surface area contributed by atoms with Crippen LogP contribution in [0.4, 0.5) is 0 Å². The third kappa shape index (κ3) is 3.19. The first-order chi connectivity index (χ1) is 12.6. The Balaban J connectivity index is 1.57. The van der Waals surface area contributed by atoms with Gasteiger partial charge in [-0.05, 0) is 31.7 Å². The van der Waals surface area contributed by atoms with Gasteiger partial charge in [-0.15, -0.1) is 11.3 Å². The average Bonchev–Trinajstić information content (AvgIpc) is 3.07. The minimum atomic E-state index is -0.819. The fourth-order valence-electron chi connectivity index (χ4n) is 4.82. The molecule has 0 unspecified atom stereocenters. The molecule has 2 heterocycles. The largest absolute Gasteiger partial charge is 0.385 e. The Morgan fingerprint density at radius 3 is 2.81 bits per heavy atom. The van der Waals surface area contributed by atoms with Crippen LogP contribution in [-0.4, -0.2) is 33.5 Å². The van der Waals surface area contributed by atoms with Crippen molar-refractivity contribution in [1.29, 1.82) is 0 Å². The number of hydrogen-bond acceptors (Lipinski definition) is 4. The first kappa shape index (κ1) is 17.7. The third-order valence-electron chi connectivity index (χ3n) is 6.07. The normalized spacial score (nSPS) is 28.6. The van der Waals surface area contributed by atoms with Crippen molar-refractivity contribution in [2.75, 3.05) is 6.54 Å². The van der Waals surface area contributed by atoms with Gasteiger partial charge in [0.05, 0.1) is 22.7 Å². The highest BCUT2D eigenvalue weighted by Crippen LogP contribution is 2.47.